The smallest absolute Gasteiger partial charge is 0.350 e. The van der Waals surface area contributed by atoms with Gasteiger partial charge in [0, 0.05) is 19.4 Å². The van der Waals surface area contributed by atoms with Crippen LogP contribution in [0.2, 0.25) is 0 Å². The molecule has 2 aliphatic rings. The first-order valence-electron chi connectivity index (χ1n) is 13.5. The molecule has 3 heterocycles. The largest absolute Gasteiger partial charge is 0.464 e. The number of cyclic esters (lactones) is 2. The number of hydrazone groups is 1. The van der Waals surface area contributed by atoms with Crippen LogP contribution in [-0.2, 0) is 24.5 Å². The standard InChI is InChI=1S/C33H30N2O6/c1-31(2,3)21-17-15-20(16-18-21)27-26(24-19-39-25-14-10-9-13-23(25)28(24)36)33(29(37)40-32(4,5)41-30(33)38)35(34-27)22-11-7-6-8-12-22/h6-19,26H,1-5H3. The summed E-state index contributed by atoms with van der Waals surface area (Å²) in [5, 5.41) is 6.54. The second-order valence-electron chi connectivity index (χ2n) is 11.9. The highest BCUT2D eigenvalue weighted by molar-refractivity contribution is 6.22. The maximum absolute atomic E-state index is 14.2. The molecule has 1 aromatic heterocycles. The number of rotatable bonds is 3. The Bertz CT molecular complexity index is 1740. The summed E-state index contributed by atoms with van der Waals surface area (Å²) in [6.07, 6.45) is 1.31. The van der Waals surface area contributed by atoms with Crippen molar-refractivity contribution in [3.05, 3.63) is 112 Å². The van der Waals surface area contributed by atoms with Crippen molar-refractivity contribution in [2.24, 2.45) is 5.10 Å². The number of hydrogen-bond acceptors (Lipinski definition) is 8. The lowest BCUT2D eigenvalue weighted by Gasteiger charge is -2.44. The van der Waals surface area contributed by atoms with Crippen molar-refractivity contribution in [2.45, 2.75) is 57.3 Å². The van der Waals surface area contributed by atoms with Gasteiger partial charge in [-0.05, 0) is 40.8 Å². The number of benzene rings is 3. The van der Waals surface area contributed by atoms with Crippen LogP contribution >= 0.6 is 0 Å². The monoisotopic (exact) mass is 550 g/mol. The van der Waals surface area contributed by atoms with E-state index in [0.717, 1.165) is 5.56 Å². The first-order valence-corrected chi connectivity index (χ1v) is 13.5. The third-order valence-electron chi connectivity index (χ3n) is 7.60. The SMILES string of the molecule is CC1(C)OC(=O)C2(C(=O)O1)C(c1coc3ccccc3c1=O)C(c1ccc(C(C)(C)C)cc1)=NN2c1ccccc1. The summed E-state index contributed by atoms with van der Waals surface area (Å²) in [6, 6.07) is 23.4. The van der Waals surface area contributed by atoms with E-state index in [9.17, 15) is 14.4 Å². The van der Waals surface area contributed by atoms with E-state index in [0.29, 0.717) is 27.9 Å². The molecule has 0 radical (unpaired) electrons. The minimum Gasteiger partial charge on any atom is -0.464 e. The van der Waals surface area contributed by atoms with Crippen molar-refractivity contribution < 1.29 is 23.5 Å². The van der Waals surface area contributed by atoms with Crippen LogP contribution in [0.1, 0.15) is 57.2 Å². The highest BCUT2D eigenvalue weighted by atomic mass is 16.7. The summed E-state index contributed by atoms with van der Waals surface area (Å²) >= 11 is 0. The maximum Gasteiger partial charge on any atom is 0.350 e. The lowest BCUT2D eigenvalue weighted by atomic mass is 9.74. The van der Waals surface area contributed by atoms with Crippen LogP contribution < -0.4 is 10.4 Å². The number of para-hydroxylation sites is 2. The number of carbonyl (C=O) groups excluding carboxylic acids is 2. The molecule has 41 heavy (non-hydrogen) atoms. The molecule has 0 aliphatic carbocycles. The maximum atomic E-state index is 14.2. The zero-order valence-electron chi connectivity index (χ0n) is 23.5. The van der Waals surface area contributed by atoms with Gasteiger partial charge in [0.1, 0.15) is 5.58 Å². The van der Waals surface area contributed by atoms with E-state index in [1.54, 1.807) is 48.5 Å². The predicted octanol–water partition coefficient (Wildman–Crippen LogP) is 5.67. The average molecular weight is 551 g/mol. The van der Waals surface area contributed by atoms with Crippen molar-refractivity contribution in [1.29, 1.82) is 0 Å². The molecule has 8 nitrogen and oxygen atoms in total. The Balaban J connectivity index is 1.66. The van der Waals surface area contributed by atoms with Crippen LogP contribution in [0.4, 0.5) is 5.69 Å². The quantitative estimate of drug-likeness (QED) is 0.239. The Morgan fingerprint density at radius 1 is 0.805 bits per heavy atom. The van der Waals surface area contributed by atoms with Crippen molar-refractivity contribution in [2.75, 3.05) is 5.01 Å². The first-order chi connectivity index (χ1) is 19.4. The summed E-state index contributed by atoms with van der Waals surface area (Å²) in [4.78, 5) is 42.4. The third-order valence-corrected chi connectivity index (χ3v) is 7.60. The fraction of sp³-hybridized carbons (Fsp3) is 0.273. The number of ether oxygens (including phenoxy) is 2. The zero-order chi connectivity index (χ0) is 29.2. The zero-order valence-corrected chi connectivity index (χ0v) is 23.5. The van der Waals surface area contributed by atoms with Gasteiger partial charge in [-0.25, -0.2) is 14.6 Å². The van der Waals surface area contributed by atoms with Crippen molar-refractivity contribution >= 4 is 34.3 Å². The number of fused-ring (bicyclic) bond motifs is 1. The van der Waals surface area contributed by atoms with Gasteiger partial charge in [-0.1, -0.05) is 75.4 Å². The molecule has 8 heteroatoms. The number of nitrogens with zero attached hydrogens (tertiary/aromatic N) is 2. The Morgan fingerprint density at radius 2 is 1.41 bits per heavy atom. The van der Waals surface area contributed by atoms with Crippen molar-refractivity contribution in [1.82, 2.24) is 0 Å². The third kappa shape index (κ3) is 4.13. The summed E-state index contributed by atoms with van der Waals surface area (Å²) in [6.45, 7) is 9.31. The molecular formula is C33H30N2O6. The molecule has 1 spiro atoms. The van der Waals surface area contributed by atoms with E-state index in [4.69, 9.17) is 19.0 Å². The van der Waals surface area contributed by atoms with Gasteiger partial charge in [-0.3, -0.25) is 4.79 Å². The molecule has 0 amide bonds. The van der Waals surface area contributed by atoms with E-state index in [1.165, 1.54) is 25.1 Å². The fourth-order valence-corrected chi connectivity index (χ4v) is 5.54. The molecule has 1 saturated heterocycles. The Kier molecular flexibility index (Phi) is 5.92. The predicted molar refractivity (Wildman–Crippen MR) is 155 cm³/mol. The van der Waals surface area contributed by atoms with Crippen LogP contribution in [0.5, 0.6) is 0 Å². The molecule has 0 N–H and O–H groups in total. The van der Waals surface area contributed by atoms with Gasteiger partial charge < -0.3 is 13.9 Å². The molecule has 3 aromatic carbocycles. The van der Waals surface area contributed by atoms with Gasteiger partial charge in [0.15, 0.2) is 5.43 Å². The van der Waals surface area contributed by atoms with Crippen molar-refractivity contribution in [3.63, 3.8) is 0 Å². The average Bonchev–Trinajstić information content (AvgIpc) is 3.29. The lowest BCUT2D eigenvalue weighted by molar-refractivity contribution is -0.242. The molecule has 0 saturated carbocycles. The number of hydrogen-bond donors (Lipinski definition) is 0. The van der Waals surface area contributed by atoms with Gasteiger partial charge in [-0.2, -0.15) is 5.10 Å². The van der Waals surface area contributed by atoms with Gasteiger partial charge in [-0.15, -0.1) is 0 Å². The highest BCUT2D eigenvalue weighted by Gasteiger charge is 2.70. The molecule has 1 unspecified atom stereocenters. The summed E-state index contributed by atoms with van der Waals surface area (Å²) in [7, 11) is 0. The lowest BCUT2D eigenvalue weighted by Crippen LogP contribution is -2.67. The van der Waals surface area contributed by atoms with Gasteiger partial charge >= 0.3 is 11.9 Å². The van der Waals surface area contributed by atoms with Crippen LogP contribution in [0, 0.1) is 0 Å². The van der Waals surface area contributed by atoms with E-state index < -0.39 is 29.2 Å². The molecular weight excluding hydrogens is 520 g/mol. The number of esters is 2. The highest BCUT2D eigenvalue weighted by Crippen LogP contribution is 2.48. The Labute approximate surface area is 237 Å². The molecule has 208 valence electrons. The number of anilines is 1. The molecule has 1 atom stereocenters. The fourth-order valence-electron chi connectivity index (χ4n) is 5.54. The minimum absolute atomic E-state index is 0.0920. The summed E-state index contributed by atoms with van der Waals surface area (Å²) < 4.78 is 17.4. The molecule has 4 aromatic rings. The van der Waals surface area contributed by atoms with Crippen LogP contribution in [-0.4, -0.2) is 29.0 Å². The summed E-state index contributed by atoms with van der Waals surface area (Å²) in [5.41, 5.74) is 0.360. The molecule has 2 aliphatic heterocycles. The van der Waals surface area contributed by atoms with E-state index in [1.807, 2.05) is 30.3 Å². The topological polar surface area (TPSA) is 98.4 Å². The number of carbonyl (C=O) groups is 2. The van der Waals surface area contributed by atoms with Gasteiger partial charge in [0.2, 0.25) is 0 Å². The first kappa shape index (κ1) is 26.5. The summed E-state index contributed by atoms with van der Waals surface area (Å²) in [5.74, 6) is -4.45. The van der Waals surface area contributed by atoms with Crippen LogP contribution in [0.25, 0.3) is 11.0 Å². The normalized spacial score (nSPS) is 19.7. The second-order valence-corrected chi connectivity index (χ2v) is 11.9. The van der Waals surface area contributed by atoms with Gasteiger partial charge in [0.25, 0.3) is 11.3 Å². The van der Waals surface area contributed by atoms with Crippen molar-refractivity contribution in [3.8, 4) is 0 Å². The van der Waals surface area contributed by atoms with E-state index >= 15 is 0 Å². The second kappa shape index (κ2) is 9.16. The molecule has 6 rings (SSSR count). The molecule has 0 bridgehead atoms. The van der Waals surface area contributed by atoms with Crippen LogP contribution in [0.3, 0.4) is 0 Å². The van der Waals surface area contributed by atoms with Crippen LogP contribution in [0.15, 0.2) is 99.4 Å². The Morgan fingerprint density at radius 3 is 2.05 bits per heavy atom. The molecule has 1 fully saturated rings. The van der Waals surface area contributed by atoms with Gasteiger partial charge in [0.05, 0.1) is 29.0 Å². The van der Waals surface area contributed by atoms with E-state index in [-0.39, 0.29) is 16.4 Å². The Hall–Kier alpha value is -4.72. The van der Waals surface area contributed by atoms with E-state index in [2.05, 4.69) is 20.8 Å². The minimum atomic E-state index is -2.16.